The summed E-state index contributed by atoms with van der Waals surface area (Å²) in [5, 5.41) is 12.4. The van der Waals surface area contributed by atoms with E-state index in [1.807, 2.05) is 6.20 Å². The lowest BCUT2D eigenvalue weighted by molar-refractivity contribution is -0.00783. The fourth-order valence-electron chi connectivity index (χ4n) is 5.39. The highest BCUT2D eigenvalue weighted by molar-refractivity contribution is 5.52. The van der Waals surface area contributed by atoms with Crippen molar-refractivity contribution < 1.29 is 0 Å². The summed E-state index contributed by atoms with van der Waals surface area (Å²) < 4.78 is 0. The lowest BCUT2D eigenvalue weighted by atomic mass is 9.48. The molecule has 4 aliphatic carbocycles. The summed E-state index contributed by atoms with van der Waals surface area (Å²) in [6.07, 6.45) is 14.5. The van der Waals surface area contributed by atoms with Gasteiger partial charge >= 0.3 is 0 Å². The molecule has 4 aliphatic rings. The molecule has 0 atom stereocenters. The standard InChI is InChI=1S/C16H21N3/c1-2-3-14-10-17-19-18-15(14)16-7-11-4-12(8-16)6-13(5-11)9-16/h2-3,10-13H,4-9H2,1H3. The van der Waals surface area contributed by atoms with Crippen LogP contribution in [0.2, 0.25) is 0 Å². The van der Waals surface area contributed by atoms with E-state index in [0.29, 0.717) is 5.41 Å². The molecule has 0 unspecified atom stereocenters. The minimum absolute atomic E-state index is 0.319. The molecule has 3 nitrogen and oxygen atoms in total. The van der Waals surface area contributed by atoms with Crippen LogP contribution in [0.25, 0.3) is 6.08 Å². The first-order valence-corrected chi connectivity index (χ1v) is 7.60. The van der Waals surface area contributed by atoms with Gasteiger partial charge in [-0.25, -0.2) is 0 Å². The summed E-state index contributed by atoms with van der Waals surface area (Å²) in [5.74, 6) is 2.83. The van der Waals surface area contributed by atoms with Crippen LogP contribution in [0.1, 0.15) is 56.7 Å². The lowest BCUT2D eigenvalue weighted by Crippen LogP contribution is -2.49. The molecule has 1 heterocycles. The average Bonchev–Trinajstić information content (AvgIpc) is 2.38. The highest BCUT2D eigenvalue weighted by Gasteiger charge is 2.53. The van der Waals surface area contributed by atoms with Crippen LogP contribution in [0.15, 0.2) is 12.3 Å². The Morgan fingerprint density at radius 1 is 1.11 bits per heavy atom. The molecule has 0 N–H and O–H groups in total. The fourth-order valence-corrected chi connectivity index (χ4v) is 5.39. The zero-order valence-electron chi connectivity index (χ0n) is 11.5. The second-order valence-electron chi connectivity index (χ2n) is 6.94. The van der Waals surface area contributed by atoms with Gasteiger partial charge in [0.05, 0.1) is 11.9 Å². The molecule has 0 spiro atoms. The van der Waals surface area contributed by atoms with Crippen molar-refractivity contribution in [3.8, 4) is 0 Å². The van der Waals surface area contributed by atoms with E-state index in [1.54, 1.807) is 0 Å². The van der Waals surface area contributed by atoms with Gasteiger partial charge in [-0.05, 0) is 68.4 Å². The van der Waals surface area contributed by atoms with Crippen molar-refractivity contribution in [1.29, 1.82) is 0 Å². The van der Waals surface area contributed by atoms with E-state index in [1.165, 1.54) is 49.8 Å². The maximum atomic E-state index is 4.47. The first kappa shape index (κ1) is 11.6. The van der Waals surface area contributed by atoms with Gasteiger partial charge in [-0.1, -0.05) is 12.2 Å². The van der Waals surface area contributed by atoms with E-state index < -0.39 is 0 Å². The highest BCUT2D eigenvalue weighted by atomic mass is 15.3. The Labute approximate surface area is 114 Å². The number of aromatic nitrogens is 3. The number of nitrogens with zero attached hydrogens (tertiary/aromatic N) is 3. The molecule has 4 bridgehead atoms. The second-order valence-corrected chi connectivity index (χ2v) is 6.94. The molecule has 100 valence electrons. The molecule has 5 rings (SSSR count). The van der Waals surface area contributed by atoms with Crippen molar-refractivity contribution in [2.75, 3.05) is 0 Å². The van der Waals surface area contributed by atoms with Crippen LogP contribution in [0, 0.1) is 17.8 Å². The quantitative estimate of drug-likeness (QED) is 0.813. The van der Waals surface area contributed by atoms with Crippen LogP contribution in [0.3, 0.4) is 0 Å². The molecular weight excluding hydrogens is 234 g/mol. The normalized spacial score (nSPS) is 40.2. The fraction of sp³-hybridized carbons (Fsp3) is 0.688. The van der Waals surface area contributed by atoms with Gasteiger partial charge in [-0.3, -0.25) is 0 Å². The van der Waals surface area contributed by atoms with Gasteiger partial charge in [0, 0.05) is 11.0 Å². The number of rotatable bonds is 2. The molecule has 19 heavy (non-hydrogen) atoms. The Morgan fingerprint density at radius 3 is 2.32 bits per heavy atom. The van der Waals surface area contributed by atoms with Crippen LogP contribution in [0.4, 0.5) is 0 Å². The van der Waals surface area contributed by atoms with Crippen LogP contribution >= 0.6 is 0 Å². The van der Waals surface area contributed by atoms with E-state index in [-0.39, 0.29) is 0 Å². The van der Waals surface area contributed by atoms with Gasteiger partial charge in [0.25, 0.3) is 0 Å². The molecule has 1 aromatic rings. The van der Waals surface area contributed by atoms with Gasteiger partial charge in [-0.15, -0.1) is 10.2 Å². The molecule has 3 heteroatoms. The number of hydrogen-bond acceptors (Lipinski definition) is 3. The Morgan fingerprint density at radius 2 is 1.74 bits per heavy atom. The van der Waals surface area contributed by atoms with Crippen molar-refractivity contribution in [3.63, 3.8) is 0 Å². The molecule has 0 aromatic carbocycles. The molecule has 0 amide bonds. The minimum Gasteiger partial charge on any atom is -0.138 e. The zero-order chi connectivity index (χ0) is 12.9. The van der Waals surface area contributed by atoms with Gasteiger partial charge < -0.3 is 0 Å². The van der Waals surface area contributed by atoms with E-state index >= 15 is 0 Å². The zero-order valence-corrected chi connectivity index (χ0v) is 11.5. The molecular formula is C16H21N3. The van der Waals surface area contributed by atoms with Crippen molar-refractivity contribution in [3.05, 3.63) is 23.5 Å². The maximum absolute atomic E-state index is 4.47. The van der Waals surface area contributed by atoms with Crippen LogP contribution in [-0.2, 0) is 5.41 Å². The number of allylic oxidation sites excluding steroid dienone is 1. The summed E-state index contributed by atoms with van der Waals surface area (Å²) in [5.41, 5.74) is 2.75. The highest BCUT2D eigenvalue weighted by Crippen LogP contribution is 2.60. The smallest absolute Gasteiger partial charge is 0.0798 e. The van der Waals surface area contributed by atoms with Crippen LogP contribution in [-0.4, -0.2) is 15.4 Å². The SMILES string of the molecule is CC=Cc1cnnnc1C12CC3CC(CC(C3)C1)C2. The Kier molecular flexibility index (Phi) is 2.51. The molecule has 0 radical (unpaired) electrons. The third kappa shape index (κ3) is 1.74. The third-order valence-electron chi connectivity index (χ3n) is 5.55. The molecule has 1 aromatic heterocycles. The van der Waals surface area contributed by atoms with E-state index in [9.17, 15) is 0 Å². The summed E-state index contributed by atoms with van der Waals surface area (Å²) in [6.45, 7) is 2.06. The minimum atomic E-state index is 0.319. The molecule has 4 saturated carbocycles. The predicted octanol–water partition coefficient (Wildman–Crippen LogP) is 3.37. The summed E-state index contributed by atoms with van der Waals surface area (Å²) in [6, 6.07) is 0. The van der Waals surface area contributed by atoms with Crippen molar-refractivity contribution in [1.82, 2.24) is 15.4 Å². The molecule has 0 aliphatic heterocycles. The average molecular weight is 255 g/mol. The topological polar surface area (TPSA) is 38.7 Å². The van der Waals surface area contributed by atoms with Crippen LogP contribution in [0.5, 0.6) is 0 Å². The largest absolute Gasteiger partial charge is 0.138 e. The Hall–Kier alpha value is -1.25. The van der Waals surface area contributed by atoms with Crippen molar-refractivity contribution in [2.45, 2.75) is 50.9 Å². The van der Waals surface area contributed by atoms with Gasteiger partial charge in [0.1, 0.15) is 0 Å². The Balaban J connectivity index is 1.79. The second kappa shape index (κ2) is 4.12. The first-order chi connectivity index (χ1) is 9.29. The first-order valence-electron chi connectivity index (χ1n) is 7.60. The van der Waals surface area contributed by atoms with E-state index in [2.05, 4.69) is 34.5 Å². The van der Waals surface area contributed by atoms with Crippen LogP contribution < -0.4 is 0 Å². The van der Waals surface area contributed by atoms with Gasteiger partial charge in [-0.2, -0.15) is 0 Å². The van der Waals surface area contributed by atoms with Gasteiger partial charge in [0.2, 0.25) is 0 Å². The van der Waals surface area contributed by atoms with Crippen molar-refractivity contribution >= 4 is 6.08 Å². The van der Waals surface area contributed by atoms with Crippen molar-refractivity contribution in [2.24, 2.45) is 17.8 Å². The van der Waals surface area contributed by atoms with E-state index in [0.717, 1.165) is 17.8 Å². The third-order valence-corrected chi connectivity index (χ3v) is 5.55. The lowest BCUT2D eigenvalue weighted by Gasteiger charge is -2.56. The summed E-state index contributed by atoms with van der Waals surface area (Å²) in [7, 11) is 0. The summed E-state index contributed by atoms with van der Waals surface area (Å²) in [4.78, 5) is 0. The monoisotopic (exact) mass is 255 g/mol. The van der Waals surface area contributed by atoms with Gasteiger partial charge in [0.15, 0.2) is 0 Å². The number of hydrogen-bond donors (Lipinski definition) is 0. The molecule has 4 fully saturated rings. The Bertz CT molecular complexity index is 485. The van der Waals surface area contributed by atoms with E-state index in [4.69, 9.17) is 0 Å². The summed E-state index contributed by atoms with van der Waals surface area (Å²) >= 11 is 0. The maximum Gasteiger partial charge on any atom is 0.0798 e. The molecule has 0 saturated heterocycles. The predicted molar refractivity (Wildman–Crippen MR) is 74.4 cm³/mol.